The third kappa shape index (κ3) is 2.78. The second-order valence-corrected chi connectivity index (χ2v) is 8.93. The monoisotopic (exact) mass is 356 g/mol. The molecule has 0 atom stereocenters. The molecule has 2 aromatic rings. The molecule has 0 fully saturated rings. The Labute approximate surface area is 123 Å². The molecule has 0 saturated heterocycles. The number of phenolic OH excluding ortho intramolecular Hbond substituents is 2. The Hall–Kier alpha value is -1.22. The fourth-order valence-electron chi connectivity index (χ4n) is 1.67. The quantitative estimate of drug-likeness (QED) is 0.797. The molecule has 10 heteroatoms. The summed E-state index contributed by atoms with van der Waals surface area (Å²) in [5.74, 6) is -1.23. The molecule has 0 aliphatic carbocycles. The lowest BCUT2D eigenvalue weighted by atomic mass is 10.1. The SMILES string of the molecule is O=S(=O)(Cl)c1cc2cc(S(=O)(=O)Cl)c(O)cc2cc1O. The van der Waals surface area contributed by atoms with Gasteiger partial charge in [-0.25, -0.2) is 16.8 Å². The summed E-state index contributed by atoms with van der Waals surface area (Å²) in [6.45, 7) is 0. The highest BCUT2D eigenvalue weighted by Crippen LogP contribution is 2.36. The first-order valence-corrected chi connectivity index (χ1v) is 9.51. The normalized spacial score (nSPS) is 12.7. The van der Waals surface area contributed by atoms with E-state index in [1.54, 1.807) is 0 Å². The van der Waals surface area contributed by atoms with Crippen molar-refractivity contribution in [2.24, 2.45) is 0 Å². The lowest BCUT2D eigenvalue weighted by Gasteiger charge is -2.07. The number of rotatable bonds is 2. The summed E-state index contributed by atoms with van der Waals surface area (Å²) in [7, 11) is 1.88. The number of fused-ring (bicyclic) bond motifs is 1. The highest BCUT2D eigenvalue weighted by Gasteiger charge is 2.20. The van der Waals surface area contributed by atoms with Gasteiger partial charge in [-0.2, -0.15) is 0 Å². The molecule has 0 aliphatic rings. The van der Waals surface area contributed by atoms with Crippen LogP contribution in [0.15, 0.2) is 34.1 Å². The Balaban J connectivity index is 2.91. The van der Waals surface area contributed by atoms with Crippen LogP contribution in [0, 0.1) is 0 Å². The van der Waals surface area contributed by atoms with Crippen LogP contribution < -0.4 is 0 Å². The molecule has 0 aromatic heterocycles. The Bertz CT molecular complexity index is 846. The number of aromatic hydroxyl groups is 2. The van der Waals surface area contributed by atoms with Crippen molar-refractivity contribution in [3.63, 3.8) is 0 Å². The number of hydrogen-bond acceptors (Lipinski definition) is 6. The van der Waals surface area contributed by atoms with Crippen molar-refractivity contribution in [2.45, 2.75) is 9.79 Å². The standard InChI is InChI=1S/C10H6Cl2O6S2/c11-19(15,16)9-3-6-4-10(20(12,17)18)8(14)2-5(6)1-7(9)13/h1-4,13-14H. The number of hydrogen-bond donors (Lipinski definition) is 2. The first-order valence-electron chi connectivity index (χ1n) is 4.89. The van der Waals surface area contributed by atoms with Gasteiger partial charge in [0.05, 0.1) is 0 Å². The van der Waals surface area contributed by atoms with E-state index in [9.17, 15) is 27.0 Å². The topological polar surface area (TPSA) is 109 Å². The first kappa shape index (κ1) is 15.2. The molecule has 2 N–H and O–H groups in total. The lowest BCUT2D eigenvalue weighted by Crippen LogP contribution is -1.94. The molecular formula is C10H6Cl2O6S2. The van der Waals surface area contributed by atoms with E-state index in [4.69, 9.17) is 21.4 Å². The zero-order chi connectivity index (χ0) is 15.3. The van der Waals surface area contributed by atoms with E-state index in [2.05, 4.69) is 0 Å². The number of phenols is 2. The molecule has 0 amide bonds. The van der Waals surface area contributed by atoms with Gasteiger partial charge in [0.1, 0.15) is 21.3 Å². The van der Waals surface area contributed by atoms with Gasteiger partial charge in [-0.1, -0.05) is 0 Å². The van der Waals surface area contributed by atoms with Crippen LogP contribution in [0.2, 0.25) is 0 Å². The Morgan fingerprint density at radius 1 is 0.700 bits per heavy atom. The first-order chi connectivity index (χ1) is 9.00. The van der Waals surface area contributed by atoms with Crippen LogP contribution in [0.3, 0.4) is 0 Å². The number of halogens is 2. The Kier molecular flexibility index (Phi) is 3.53. The van der Waals surface area contributed by atoms with E-state index in [-0.39, 0.29) is 10.8 Å². The van der Waals surface area contributed by atoms with Crippen molar-refractivity contribution in [2.75, 3.05) is 0 Å². The van der Waals surface area contributed by atoms with E-state index >= 15 is 0 Å². The largest absolute Gasteiger partial charge is 0.507 e. The summed E-state index contributed by atoms with van der Waals surface area (Å²) in [5, 5.41) is 19.5. The lowest BCUT2D eigenvalue weighted by molar-refractivity contribution is 0.459. The molecule has 0 saturated carbocycles. The van der Waals surface area contributed by atoms with Crippen LogP contribution in [-0.2, 0) is 18.1 Å². The highest BCUT2D eigenvalue weighted by molar-refractivity contribution is 8.14. The van der Waals surface area contributed by atoms with E-state index < -0.39 is 39.4 Å². The highest BCUT2D eigenvalue weighted by atomic mass is 35.7. The predicted molar refractivity (Wildman–Crippen MR) is 73.4 cm³/mol. The van der Waals surface area contributed by atoms with Crippen molar-refractivity contribution >= 4 is 50.2 Å². The average molecular weight is 357 g/mol. The molecule has 2 aromatic carbocycles. The zero-order valence-electron chi connectivity index (χ0n) is 9.41. The van der Waals surface area contributed by atoms with E-state index in [1.165, 1.54) is 0 Å². The maximum atomic E-state index is 11.3. The van der Waals surface area contributed by atoms with Gasteiger partial charge in [0.25, 0.3) is 18.1 Å². The second-order valence-electron chi connectivity index (χ2n) is 3.86. The van der Waals surface area contributed by atoms with Gasteiger partial charge in [-0.05, 0) is 35.0 Å². The molecule has 6 nitrogen and oxygen atoms in total. The van der Waals surface area contributed by atoms with E-state index in [1.807, 2.05) is 0 Å². The van der Waals surface area contributed by atoms with Gasteiger partial charge < -0.3 is 10.2 Å². The zero-order valence-corrected chi connectivity index (χ0v) is 12.6. The minimum Gasteiger partial charge on any atom is -0.507 e. The van der Waals surface area contributed by atoms with Gasteiger partial charge in [0.2, 0.25) is 0 Å². The minimum absolute atomic E-state index is 0.124. The van der Waals surface area contributed by atoms with Gasteiger partial charge >= 0.3 is 0 Å². The van der Waals surface area contributed by atoms with Crippen LogP contribution in [-0.4, -0.2) is 27.0 Å². The van der Waals surface area contributed by atoms with Crippen LogP contribution >= 0.6 is 21.4 Å². The van der Waals surface area contributed by atoms with Gasteiger partial charge in [0.15, 0.2) is 0 Å². The second kappa shape index (κ2) is 4.66. The molecule has 0 unspecified atom stereocenters. The summed E-state index contributed by atoms with van der Waals surface area (Å²) >= 11 is 0. The molecule has 0 heterocycles. The molecule has 0 bridgehead atoms. The Morgan fingerprint density at radius 3 is 1.30 bits per heavy atom. The fraction of sp³-hybridized carbons (Fsp3) is 0. The van der Waals surface area contributed by atoms with Crippen molar-refractivity contribution in [3.8, 4) is 11.5 Å². The molecule has 0 aliphatic heterocycles. The third-order valence-corrected chi connectivity index (χ3v) is 5.22. The summed E-state index contributed by atoms with van der Waals surface area (Å²) < 4.78 is 45.0. The maximum absolute atomic E-state index is 11.3. The maximum Gasteiger partial charge on any atom is 0.264 e. The van der Waals surface area contributed by atoms with Gasteiger partial charge in [-0.3, -0.25) is 0 Å². The van der Waals surface area contributed by atoms with Crippen molar-refractivity contribution in [3.05, 3.63) is 24.3 Å². The van der Waals surface area contributed by atoms with E-state index in [0.717, 1.165) is 24.3 Å². The Morgan fingerprint density at radius 2 is 1.00 bits per heavy atom. The van der Waals surface area contributed by atoms with Crippen molar-refractivity contribution in [1.82, 2.24) is 0 Å². The molecule has 2 rings (SSSR count). The third-order valence-electron chi connectivity index (χ3n) is 2.52. The van der Waals surface area contributed by atoms with Crippen LogP contribution in [0.4, 0.5) is 0 Å². The molecule has 108 valence electrons. The molecule has 0 radical (unpaired) electrons. The summed E-state index contributed by atoms with van der Waals surface area (Å²) in [6, 6.07) is 4.04. The molecular weight excluding hydrogens is 351 g/mol. The van der Waals surface area contributed by atoms with Crippen molar-refractivity contribution in [1.29, 1.82) is 0 Å². The summed E-state index contributed by atoms with van der Waals surface area (Å²) in [6.07, 6.45) is 0. The average Bonchev–Trinajstić information content (AvgIpc) is 2.24. The fourth-order valence-corrected chi connectivity index (χ4v) is 3.57. The van der Waals surface area contributed by atoms with Crippen LogP contribution in [0.5, 0.6) is 11.5 Å². The van der Waals surface area contributed by atoms with Crippen LogP contribution in [0.25, 0.3) is 10.8 Å². The summed E-state index contributed by atoms with van der Waals surface area (Å²) in [5.41, 5.74) is 0. The number of benzene rings is 2. The predicted octanol–water partition coefficient (Wildman–Crippen LogP) is 2.11. The minimum atomic E-state index is -4.21. The smallest absolute Gasteiger partial charge is 0.264 e. The van der Waals surface area contributed by atoms with Gasteiger partial charge in [-0.15, -0.1) is 0 Å². The van der Waals surface area contributed by atoms with Crippen LogP contribution in [0.1, 0.15) is 0 Å². The van der Waals surface area contributed by atoms with Gasteiger partial charge in [0, 0.05) is 21.4 Å². The molecule has 20 heavy (non-hydrogen) atoms. The van der Waals surface area contributed by atoms with Crippen molar-refractivity contribution < 1.29 is 27.0 Å². The van der Waals surface area contributed by atoms with E-state index in [0.29, 0.717) is 0 Å². The summed E-state index contributed by atoms with van der Waals surface area (Å²) in [4.78, 5) is -1.15. The molecule has 0 spiro atoms.